The molecule has 1 aliphatic heterocycles. The molecular weight excluding hydrogens is 326 g/mol. The fourth-order valence-electron chi connectivity index (χ4n) is 4.17. The SMILES string of the molecule is C[C@H](C1=CCC(C(C)(C)C)CC1)[C@@H]1COC(C)(C)N1C(=O)OC(C)(C)C. The van der Waals surface area contributed by atoms with E-state index in [1.165, 1.54) is 12.0 Å². The Balaban J connectivity index is 2.15. The van der Waals surface area contributed by atoms with Crippen LogP contribution >= 0.6 is 0 Å². The molecule has 2 rings (SSSR count). The molecule has 0 spiro atoms. The van der Waals surface area contributed by atoms with E-state index in [9.17, 15) is 4.79 Å². The zero-order chi connectivity index (χ0) is 19.9. The first kappa shape index (κ1) is 21.3. The molecule has 1 unspecified atom stereocenters. The molecule has 1 saturated heterocycles. The lowest BCUT2D eigenvalue weighted by Gasteiger charge is -2.39. The van der Waals surface area contributed by atoms with Crippen LogP contribution in [0.25, 0.3) is 0 Å². The zero-order valence-electron chi connectivity index (χ0n) is 18.3. The van der Waals surface area contributed by atoms with Crippen LogP contribution < -0.4 is 0 Å². The number of carbonyl (C=O) groups is 1. The zero-order valence-corrected chi connectivity index (χ0v) is 18.3. The van der Waals surface area contributed by atoms with Gasteiger partial charge in [0.05, 0.1) is 12.6 Å². The minimum absolute atomic E-state index is 0.0253. The second-order valence-corrected chi connectivity index (χ2v) is 10.6. The first-order chi connectivity index (χ1) is 11.7. The van der Waals surface area contributed by atoms with E-state index in [1.807, 2.05) is 39.5 Å². The minimum Gasteiger partial charge on any atom is -0.444 e. The summed E-state index contributed by atoms with van der Waals surface area (Å²) in [6.45, 7) is 19.4. The van der Waals surface area contributed by atoms with Crippen molar-refractivity contribution in [1.82, 2.24) is 4.90 Å². The van der Waals surface area contributed by atoms with Gasteiger partial charge in [-0.1, -0.05) is 39.3 Å². The van der Waals surface area contributed by atoms with Gasteiger partial charge in [0, 0.05) is 0 Å². The fourth-order valence-corrected chi connectivity index (χ4v) is 4.17. The van der Waals surface area contributed by atoms with Crippen LogP contribution in [0.15, 0.2) is 11.6 Å². The highest BCUT2D eigenvalue weighted by atomic mass is 16.6. The van der Waals surface area contributed by atoms with Crippen LogP contribution in [-0.4, -0.2) is 35.0 Å². The van der Waals surface area contributed by atoms with Gasteiger partial charge in [-0.3, -0.25) is 4.90 Å². The Labute approximate surface area is 160 Å². The lowest BCUT2D eigenvalue weighted by Crippen LogP contribution is -2.51. The molecule has 4 nitrogen and oxygen atoms in total. The summed E-state index contributed by atoms with van der Waals surface area (Å²) < 4.78 is 11.7. The van der Waals surface area contributed by atoms with E-state index in [0.717, 1.165) is 18.8 Å². The van der Waals surface area contributed by atoms with E-state index in [1.54, 1.807) is 0 Å². The lowest BCUT2D eigenvalue weighted by atomic mass is 9.71. The molecule has 0 aromatic heterocycles. The fraction of sp³-hybridized carbons (Fsp3) is 0.864. The second kappa shape index (κ2) is 7.18. The Bertz CT molecular complexity index is 551. The second-order valence-electron chi connectivity index (χ2n) is 10.6. The van der Waals surface area contributed by atoms with Crippen LogP contribution in [0.2, 0.25) is 0 Å². The lowest BCUT2D eigenvalue weighted by molar-refractivity contribution is -0.0637. The Morgan fingerprint density at radius 2 is 1.88 bits per heavy atom. The van der Waals surface area contributed by atoms with Crippen molar-refractivity contribution in [3.05, 3.63) is 11.6 Å². The largest absolute Gasteiger partial charge is 0.444 e. The van der Waals surface area contributed by atoms with Crippen molar-refractivity contribution in [3.63, 3.8) is 0 Å². The predicted octanol–water partition coefficient (Wildman–Crippen LogP) is 5.77. The molecule has 4 heteroatoms. The summed E-state index contributed by atoms with van der Waals surface area (Å²) in [4.78, 5) is 14.7. The van der Waals surface area contributed by atoms with E-state index in [0.29, 0.717) is 12.0 Å². The van der Waals surface area contributed by atoms with Gasteiger partial charge in [0.25, 0.3) is 0 Å². The Morgan fingerprint density at radius 3 is 2.35 bits per heavy atom. The number of rotatable bonds is 2. The maximum Gasteiger partial charge on any atom is 0.412 e. The van der Waals surface area contributed by atoms with Gasteiger partial charge in [-0.15, -0.1) is 0 Å². The van der Waals surface area contributed by atoms with Crippen LogP contribution in [0, 0.1) is 17.3 Å². The molecule has 26 heavy (non-hydrogen) atoms. The average molecular weight is 366 g/mol. The highest BCUT2D eigenvalue weighted by molar-refractivity contribution is 5.70. The molecule has 0 N–H and O–H groups in total. The van der Waals surface area contributed by atoms with Crippen LogP contribution in [0.3, 0.4) is 0 Å². The summed E-state index contributed by atoms with van der Waals surface area (Å²) in [5.74, 6) is 1.02. The summed E-state index contributed by atoms with van der Waals surface area (Å²) in [7, 11) is 0. The summed E-state index contributed by atoms with van der Waals surface area (Å²) in [5, 5.41) is 0. The van der Waals surface area contributed by atoms with Gasteiger partial charge in [0.1, 0.15) is 11.3 Å². The first-order valence-corrected chi connectivity index (χ1v) is 10.1. The highest BCUT2D eigenvalue weighted by Gasteiger charge is 2.48. The van der Waals surface area contributed by atoms with Crippen molar-refractivity contribution in [2.45, 2.75) is 98.9 Å². The third kappa shape index (κ3) is 4.82. The maximum atomic E-state index is 12.9. The third-order valence-corrected chi connectivity index (χ3v) is 5.94. The van der Waals surface area contributed by atoms with Gasteiger partial charge in [-0.05, 0) is 71.1 Å². The first-order valence-electron chi connectivity index (χ1n) is 10.1. The topological polar surface area (TPSA) is 38.8 Å². The molecule has 1 fully saturated rings. The molecule has 3 atom stereocenters. The number of hydrogen-bond donors (Lipinski definition) is 0. The average Bonchev–Trinajstić information content (AvgIpc) is 2.79. The number of amides is 1. The van der Waals surface area contributed by atoms with Crippen molar-refractivity contribution in [3.8, 4) is 0 Å². The predicted molar refractivity (Wildman–Crippen MR) is 106 cm³/mol. The Morgan fingerprint density at radius 1 is 1.27 bits per heavy atom. The van der Waals surface area contributed by atoms with Gasteiger partial charge in [-0.25, -0.2) is 4.79 Å². The summed E-state index contributed by atoms with van der Waals surface area (Å²) in [5.41, 5.74) is 0.676. The Kier molecular flexibility index (Phi) is 5.87. The van der Waals surface area contributed by atoms with Crippen LogP contribution in [0.1, 0.15) is 81.6 Å². The third-order valence-electron chi connectivity index (χ3n) is 5.94. The minimum atomic E-state index is -0.634. The van der Waals surface area contributed by atoms with Crippen molar-refractivity contribution < 1.29 is 14.3 Å². The molecule has 1 heterocycles. The van der Waals surface area contributed by atoms with Crippen molar-refractivity contribution >= 4 is 6.09 Å². The molecule has 0 aromatic rings. The van der Waals surface area contributed by atoms with Crippen LogP contribution in [0.4, 0.5) is 4.79 Å². The van der Waals surface area contributed by atoms with Crippen molar-refractivity contribution in [2.75, 3.05) is 6.61 Å². The molecule has 0 saturated carbocycles. The van der Waals surface area contributed by atoms with Gasteiger partial charge < -0.3 is 9.47 Å². The molecule has 2 aliphatic rings. The smallest absolute Gasteiger partial charge is 0.412 e. The molecule has 150 valence electrons. The summed E-state index contributed by atoms with van der Waals surface area (Å²) in [6.07, 6.45) is 5.61. The van der Waals surface area contributed by atoms with Crippen LogP contribution in [0.5, 0.6) is 0 Å². The molecule has 0 radical (unpaired) electrons. The van der Waals surface area contributed by atoms with Crippen molar-refractivity contribution in [2.24, 2.45) is 17.3 Å². The summed E-state index contributed by atoms with van der Waals surface area (Å²) >= 11 is 0. The quantitative estimate of drug-likeness (QED) is 0.583. The highest BCUT2D eigenvalue weighted by Crippen LogP contribution is 2.41. The van der Waals surface area contributed by atoms with E-state index in [2.05, 4.69) is 33.8 Å². The number of allylic oxidation sites excluding steroid dienone is 1. The standard InChI is InChI=1S/C22H39NO3/c1-15(16-10-12-17(13-11-16)20(2,3)4)18-14-25-22(8,9)23(18)19(24)26-21(5,6)7/h10,15,17-18H,11-14H2,1-9H3/t15-,17?,18+/m1/s1. The molecule has 0 aromatic carbocycles. The van der Waals surface area contributed by atoms with Gasteiger partial charge in [-0.2, -0.15) is 0 Å². The normalized spacial score (nSPS) is 27.9. The number of nitrogens with zero attached hydrogens (tertiary/aromatic N) is 1. The van der Waals surface area contributed by atoms with Gasteiger partial charge in [0.2, 0.25) is 0 Å². The maximum absolute atomic E-state index is 12.9. The van der Waals surface area contributed by atoms with E-state index < -0.39 is 11.3 Å². The Hall–Kier alpha value is -1.03. The van der Waals surface area contributed by atoms with E-state index >= 15 is 0 Å². The summed E-state index contributed by atoms with van der Waals surface area (Å²) in [6, 6.07) is 0.0253. The van der Waals surface area contributed by atoms with Crippen molar-refractivity contribution in [1.29, 1.82) is 0 Å². The molecule has 0 bridgehead atoms. The van der Waals surface area contributed by atoms with E-state index in [4.69, 9.17) is 9.47 Å². The van der Waals surface area contributed by atoms with E-state index in [-0.39, 0.29) is 18.1 Å². The van der Waals surface area contributed by atoms with Gasteiger partial charge in [0.15, 0.2) is 0 Å². The molecular formula is C22H39NO3. The van der Waals surface area contributed by atoms with Gasteiger partial charge >= 0.3 is 6.09 Å². The molecule has 1 aliphatic carbocycles. The monoisotopic (exact) mass is 365 g/mol. The number of ether oxygens (including phenoxy) is 2. The number of hydrogen-bond acceptors (Lipinski definition) is 3. The van der Waals surface area contributed by atoms with Crippen LogP contribution in [-0.2, 0) is 9.47 Å². The number of carbonyl (C=O) groups excluding carboxylic acids is 1. The molecule has 1 amide bonds.